The summed E-state index contributed by atoms with van der Waals surface area (Å²) < 4.78 is 18.9. The third-order valence-corrected chi connectivity index (χ3v) is 2.71. The van der Waals surface area contributed by atoms with Gasteiger partial charge in [-0.2, -0.15) is 0 Å². The second kappa shape index (κ2) is 8.34. The first-order valence-corrected chi connectivity index (χ1v) is 7.16. The molecule has 0 bridgehead atoms. The number of carbonyl (C=O) groups excluding carboxylic acids is 1. The topological polar surface area (TPSA) is 76.4 Å². The smallest absolute Gasteiger partial charge is 0.239 e. The lowest BCUT2D eigenvalue weighted by Crippen LogP contribution is -2.32. The maximum absolute atomic E-state index is 13.7. The van der Waals surface area contributed by atoms with Crippen molar-refractivity contribution in [3.63, 3.8) is 0 Å². The third kappa shape index (κ3) is 5.89. The molecule has 0 heterocycles. The quantitative estimate of drug-likeness (QED) is 0.644. The Hall–Kier alpha value is -1.98. The van der Waals surface area contributed by atoms with Crippen LogP contribution in [0, 0.1) is 11.7 Å². The molecule has 1 amide bonds. The van der Waals surface area contributed by atoms with Crippen molar-refractivity contribution < 1.29 is 13.9 Å². The molecule has 6 heteroatoms. The molecule has 0 fully saturated rings. The first-order chi connectivity index (χ1) is 9.93. The van der Waals surface area contributed by atoms with E-state index < -0.39 is 5.82 Å². The van der Waals surface area contributed by atoms with E-state index in [2.05, 4.69) is 10.6 Å². The Labute approximate surface area is 125 Å². The normalized spacial score (nSPS) is 10.5. The molecule has 118 valence electrons. The first-order valence-electron chi connectivity index (χ1n) is 7.16. The predicted molar refractivity (Wildman–Crippen MR) is 82.9 cm³/mol. The molecule has 0 aliphatic carbocycles. The summed E-state index contributed by atoms with van der Waals surface area (Å²) in [6.07, 6.45) is 0.782. The Kier molecular flexibility index (Phi) is 6.78. The minimum absolute atomic E-state index is 0.0791. The van der Waals surface area contributed by atoms with Crippen molar-refractivity contribution in [1.29, 1.82) is 0 Å². The lowest BCUT2D eigenvalue weighted by Gasteiger charge is -2.13. The van der Waals surface area contributed by atoms with E-state index in [0.29, 0.717) is 24.8 Å². The van der Waals surface area contributed by atoms with Gasteiger partial charge in [0.1, 0.15) is 0 Å². The molecular weight excluding hydrogens is 273 g/mol. The molecule has 0 saturated heterocycles. The molecular formula is C15H24FN3O2. The highest BCUT2D eigenvalue weighted by molar-refractivity contribution is 5.82. The van der Waals surface area contributed by atoms with Crippen molar-refractivity contribution in [2.75, 3.05) is 30.7 Å². The van der Waals surface area contributed by atoms with Gasteiger partial charge in [0.15, 0.2) is 11.6 Å². The summed E-state index contributed by atoms with van der Waals surface area (Å²) in [5.74, 6) is -0.116. The first kappa shape index (κ1) is 17.1. The zero-order valence-corrected chi connectivity index (χ0v) is 12.8. The van der Waals surface area contributed by atoms with Gasteiger partial charge >= 0.3 is 0 Å². The number of nitrogens with two attached hydrogens (primary N) is 1. The zero-order valence-electron chi connectivity index (χ0n) is 12.8. The fraction of sp³-hybridized carbons (Fsp3) is 0.533. The third-order valence-electron chi connectivity index (χ3n) is 2.71. The largest absolute Gasteiger partial charge is 0.490 e. The lowest BCUT2D eigenvalue weighted by molar-refractivity contribution is -0.119. The van der Waals surface area contributed by atoms with E-state index >= 15 is 0 Å². The number of ether oxygens (including phenoxy) is 1. The molecule has 0 radical (unpaired) electrons. The summed E-state index contributed by atoms with van der Waals surface area (Å²) >= 11 is 0. The molecule has 0 atom stereocenters. The number of anilines is 2. The van der Waals surface area contributed by atoms with Crippen LogP contribution in [-0.4, -0.2) is 25.6 Å². The van der Waals surface area contributed by atoms with Crippen molar-refractivity contribution >= 4 is 17.3 Å². The van der Waals surface area contributed by atoms with Crippen LogP contribution in [0.3, 0.4) is 0 Å². The number of halogens is 1. The highest BCUT2D eigenvalue weighted by Gasteiger charge is 2.10. The number of nitrogen functional groups attached to an aromatic ring is 1. The molecule has 0 spiro atoms. The lowest BCUT2D eigenvalue weighted by atomic mass is 10.2. The van der Waals surface area contributed by atoms with Gasteiger partial charge in [0.2, 0.25) is 5.91 Å². The van der Waals surface area contributed by atoms with E-state index in [-0.39, 0.29) is 23.9 Å². The van der Waals surface area contributed by atoms with E-state index in [4.69, 9.17) is 10.5 Å². The molecule has 0 aliphatic heterocycles. The van der Waals surface area contributed by atoms with Gasteiger partial charge in [-0.15, -0.1) is 0 Å². The Morgan fingerprint density at radius 3 is 2.76 bits per heavy atom. The molecule has 21 heavy (non-hydrogen) atoms. The van der Waals surface area contributed by atoms with Gasteiger partial charge in [-0.3, -0.25) is 4.79 Å². The molecule has 0 saturated carbocycles. The molecule has 0 aliphatic rings. The molecule has 1 rings (SSSR count). The minimum Gasteiger partial charge on any atom is -0.490 e. The van der Waals surface area contributed by atoms with Gasteiger partial charge in [-0.1, -0.05) is 20.8 Å². The van der Waals surface area contributed by atoms with Crippen LogP contribution in [0.15, 0.2) is 12.1 Å². The number of nitrogens with one attached hydrogen (secondary N) is 2. The minimum atomic E-state index is -0.504. The average molecular weight is 297 g/mol. The number of carbonyl (C=O) groups is 1. The maximum Gasteiger partial charge on any atom is 0.239 e. The standard InChI is InChI=1S/C15H24FN3O2/c1-4-5-21-14-7-13(12(17)6-11(14)16)18-9-15(20)19-8-10(2)3/h6-7,10,18H,4-5,8-9,17H2,1-3H3,(H,19,20). The van der Waals surface area contributed by atoms with E-state index in [1.165, 1.54) is 12.1 Å². The maximum atomic E-state index is 13.7. The fourth-order valence-electron chi connectivity index (χ4n) is 1.60. The Morgan fingerprint density at radius 2 is 2.14 bits per heavy atom. The van der Waals surface area contributed by atoms with Gasteiger partial charge in [-0.25, -0.2) is 4.39 Å². The van der Waals surface area contributed by atoms with Gasteiger partial charge < -0.3 is 21.1 Å². The molecule has 1 aromatic rings. The van der Waals surface area contributed by atoms with E-state index in [1.54, 1.807) is 0 Å². The number of amides is 1. The number of hydrogen-bond donors (Lipinski definition) is 3. The molecule has 0 aromatic heterocycles. The van der Waals surface area contributed by atoms with Crippen LogP contribution in [0.4, 0.5) is 15.8 Å². The SMILES string of the molecule is CCCOc1cc(NCC(=O)NCC(C)C)c(N)cc1F. The molecule has 5 nitrogen and oxygen atoms in total. The van der Waals surface area contributed by atoms with Crippen molar-refractivity contribution in [1.82, 2.24) is 5.32 Å². The van der Waals surface area contributed by atoms with Crippen LogP contribution in [0.5, 0.6) is 5.75 Å². The summed E-state index contributed by atoms with van der Waals surface area (Å²) in [6, 6.07) is 2.68. The number of benzene rings is 1. The van der Waals surface area contributed by atoms with Gasteiger partial charge in [0.05, 0.1) is 24.5 Å². The van der Waals surface area contributed by atoms with Gasteiger partial charge in [0.25, 0.3) is 0 Å². The van der Waals surface area contributed by atoms with E-state index in [9.17, 15) is 9.18 Å². The van der Waals surface area contributed by atoms with E-state index in [1.807, 2.05) is 20.8 Å². The van der Waals surface area contributed by atoms with Crippen LogP contribution in [-0.2, 0) is 4.79 Å². The highest BCUT2D eigenvalue weighted by Crippen LogP contribution is 2.28. The second-order valence-corrected chi connectivity index (χ2v) is 5.27. The van der Waals surface area contributed by atoms with Crippen molar-refractivity contribution in [2.24, 2.45) is 5.92 Å². The monoisotopic (exact) mass is 297 g/mol. The second-order valence-electron chi connectivity index (χ2n) is 5.27. The summed E-state index contributed by atoms with van der Waals surface area (Å²) in [6.45, 7) is 7.09. The Balaban J connectivity index is 2.63. The van der Waals surface area contributed by atoms with Crippen LogP contribution in [0.1, 0.15) is 27.2 Å². The molecule has 0 unspecified atom stereocenters. The average Bonchev–Trinajstić information content (AvgIpc) is 2.43. The summed E-state index contributed by atoms with van der Waals surface area (Å²) in [5, 5.41) is 5.68. The zero-order chi connectivity index (χ0) is 15.8. The van der Waals surface area contributed by atoms with Crippen molar-refractivity contribution in [3.8, 4) is 5.75 Å². The summed E-state index contributed by atoms with van der Waals surface area (Å²) in [7, 11) is 0. The van der Waals surface area contributed by atoms with Crippen LogP contribution in [0.2, 0.25) is 0 Å². The highest BCUT2D eigenvalue weighted by atomic mass is 19.1. The Bertz CT molecular complexity index is 478. The van der Waals surface area contributed by atoms with Gasteiger partial charge in [-0.05, 0) is 12.3 Å². The van der Waals surface area contributed by atoms with Crippen molar-refractivity contribution in [3.05, 3.63) is 17.9 Å². The van der Waals surface area contributed by atoms with Gasteiger partial charge in [0, 0.05) is 18.7 Å². The number of hydrogen-bond acceptors (Lipinski definition) is 4. The molecule has 4 N–H and O–H groups in total. The molecule has 1 aromatic carbocycles. The van der Waals surface area contributed by atoms with Crippen LogP contribution < -0.4 is 21.1 Å². The van der Waals surface area contributed by atoms with Crippen molar-refractivity contribution in [2.45, 2.75) is 27.2 Å². The Morgan fingerprint density at radius 1 is 1.43 bits per heavy atom. The summed E-state index contributed by atoms with van der Waals surface area (Å²) in [4.78, 5) is 11.6. The van der Waals surface area contributed by atoms with Crippen LogP contribution in [0.25, 0.3) is 0 Å². The van der Waals surface area contributed by atoms with E-state index in [0.717, 1.165) is 6.42 Å². The summed E-state index contributed by atoms with van der Waals surface area (Å²) in [5.41, 5.74) is 6.47. The predicted octanol–water partition coefficient (Wildman–Crippen LogP) is 2.38. The number of rotatable bonds is 8. The van der Waals surface area contributed by atoms with Crippen LogP contribution >= 0.6 is 0 Å². The fourth-order valence-corrected chi connectivity index (χ4v) is 1.60.